The molecule has 32 heavy (non-hydrogen) atoms. The standard InChI is InChI=1S/C18H19F7N2O5/c1-10-11(2-3-12(14(10)19)31-9-13(28)29)8-26-4-6-27(7-5-26)16(30)32-15(17(20,21)22)18(23,24)25/h2-3,15H,4-9H2,1H3,(H,28,29). The van der Waals surface area contributed by atoms with Crippen LogP contribution in [0, 0.1) is 12.7 Å². The number of hydrogen-bond donors (Lipinski definition) is 1. The number of halogens is 7. The maximum atomic E-state index is 14.4. The Hall–Kier alpha value is -2.77. The smallest absolute Gasteiger partial charge is 0.434 e. The number of benzene rings is 1. The number of carbonyl (C=O) groups excluding carboxylic acids is 1. The Morgan fingerprint density at radius 3 is 2.12 bits per heavy atom. The average molecular weight is 476 g/mol. The first-order chi connectivity index (χ1) is 14.7. The van der Waals surface area contributed by atoms with E-state index in [1.807, 2.05) is 0 Å². The van der Waals surface area contributed by atoms with Crippen molar-refractivity contribution in [1.29, 1.82) is 0 Å². The SMILES string of the molecule is Cc1c(CN2CCN(C(=O)OC(C(F)(F)F)C(F)(F)F)CC2)ccc(OCC(=O)O)c1F. The van der Waals surface area contributed by atoms with E-state index in [2.05, 4.69) is 4.74 Å². The molecule has 180 valence electrons. The summed E-state index contributed by atoms with van der Waals surface area (Å²) in [6.07, 6.45) is -17.5. The van der Waals surface area contributed by atoms with Gasteiger partial charge in [0.05, 0.1) is 0 Å². The molecule has 0 radical (unpaired) electrons. The molecule has 1 saturated heterocycles. The van der Waals surface area contributed by atoms with E-state index in [1.165, 1.54) is 19.1 Å². The van der Waals surface area contributed by atoms with Gasteiger partial charge < -0.3 is 19.5 Å². The molecule has 14 heteroatoms. The summed E-state index contributed by atoms with van der Waals surface area (Å²) in [4.78, 5) is 24.8. The minimum absolute atomic E-state index is 0.0934. The number of amides is 1. The lowest BCUT2D eigenvalue weighted by atomic mass is 10.1. The summed E-state index contributed by atoms with van der Waals surface area (Å²) >= 11 is 0. The third-order valence-electron chi connectivity index (χ3n) is 4.65. The minimum Gasteiger partial charge on any atom is -0.479 e. The van der Waals surface area contributed by atoms with Crippen LogP contribution < -0.4 is 4.74 Å². The molecule has 0 aromatic heterocycles. The Balaban J connectivity index is 1.95. The van der Waals surface area contributed by atoms with E-state index >= 15 is 0 Å². The highest BCUT2D eigenvalue weighted by Crippen LogP contribution is 2.36. The number of ether oxygens (including phenoxy) is 2. The van der Waals surface area contributed by atoms with Crippen LogP contribution in [-0.2, 0) is 16.1 Å². The molecule has 1 amide bonds. The Bertz CT molecular complexity index is 822. The van der Waals surface area contributed by atoms with Crippen LogP contribution in [-0.4, -0.2) is 78.2 Å². The molecule has 1 aliphatic heterocycles. The van der Waals surface area contributed by atoms with Gasteiger partial charge in [-0.05, 0) is 24.1 Å². The molecule has 0 unspecified atom stereocenters. The first-order valence-corrected chi connectivity index (χ1v) is 9.14. The number of carbonyl (C=O) groups is 2. The van der Waals surface area contributed by atoms with Crippen molar-refractivity contribution < 1.29 is 54.9 Å². The molecular weight excluding hydrogens is 457 g/mol. The van der Waals surface area contributed by atoms with Crippen LogP contribution in [0.5, 0.6) is 5.75 Å². The van der Waals surface area contributed by atoms with Crippen LogP contribution in [0.25, 0.3) is 0 Å². The molecule has 1 N–H and O–H groups in total. The third kappa shape index (κ3) is 6.61. The van der Waals surface area contributed by atoms with Crippen LogP contribution in [0.4, 0.5) is 35.5 Å². The van der Waals surface area contributed by atoms with Crippen LogP contribution >= 0.6 is 0 Å². The largest absolute Gasteiger partial charge is 0.479 e. The Labute approximate surface area is 177 Å². The van der Waals surface area contributed by atoms with Gasteiger partial charge in [-0.1, -0.05) is 6.07 Å². The number of carboxylic acid groups (broad SMARTS) is 1. The molecular formula is C18H19F7N2O5. The number of rotatable bonds is 6. The summed E-state index contributed by atoms with van der Waals surface area (Å²) in [6.45, 7) is 0.702. The predicted octanol–water partition coefficient (Wildman–Crippen LogP) is 3.34. The monoisotopic (exact) mass is 476 g/mol. The van der Waals surface area contributed by atoms with E-state index in [0.717, 1.165) is 4.90 Å². The van der Waals surface area contributed by atoms with E-state index < -0.39 is 42.9 Å². The fourth-order valence-corrected chi connectivity index (χ4v) is 2.95. The predicted molar refractivity (Wildman–Crippen MR) is 93.5 cm³/mol. The molecule has 7 nitrogen and oxygen atoms in total. The molecule has 1 fully saturated rings. The summed E-state index contributed by atoms with van der Waals surface area (Å²) in [7, 11) is 0. The van der Waals surface area contributed by atoms with Gasteiger partial charge >= 0.3 is 24.4 Å². The number of nitrogens with zero attached hydrogens (tertiary/aromatic N) is 2. The minimum atomic E-state index is -5.79. The lowest BCUT2D eigenvalue weighted by molar-refractivity contribution is -0.308. The number of carboxylic acids is 1. The van der Waals surface area contributed by atoms with Crippen LogP contribution in [0.3, 0.4) is 0 Å². The molecule has 1 aromatic rings. The van der Waals surface area contributed by atoms with Crippen molar-refractivity contribution in [2.75, 3.05) is 32.8 Å². The van der Waals surface area contributed by atoms with Gasteiger partial charge in [-0.15, -0.1) is 0 Å². The van der Waals surface area contributed by atoms with Gasteiger partial charge in [0.15, 0.2) is 18.2 Å². The fraction of sp³-hybridized carbons (Fsp3) is 0.556. The highest BCUT2D eigenvalue weighted by atomic mass is 19.4. The maximum Gasteiger partial charge on any atom is 0.434 e. The van der Waals surface area contributed by atoms with E-state index in [-0.39, 0.29) is 44.0 Å². The molecule has 0 aliphatic carbocycles. The lowest BCUT2D eigenvalue weighted by Gasteiger charge is -2.35. The molecule has 1 heterocycles. The van der Waals surface area contributed by atoms with Crippen LogP contribution in [0.1, 0.15) is 11.1 Å². The highest BCUT2D eigenvalue weighted by molar-refractivity contribution is 5.68. The van der Waals surface area contributed by atoms with Gasteiger partial charge in [-0.2, -0.15) is 26.3 Å². The second-order valence-electron chi connectivity index (χ2n) is 6.95. The van der Waals surface area contributed by atoms with Crippen LogP contribution in [0.2, 0.25) is 0 Å². The number of alkyl halides is 6. The first kappa shape index (κ1) is 25.5. The summed E-state index contributed by atoms with van der Waals surface area (Å²) in [5.41, 5.74) is 0.698. The molecule has 1 aliphatic rings. The number of hydrogen-bond acceptors (Lipinski definition) is 5. The molecule has 1 aromatic carbocycles. The molecule has 0 bridgehead atoms. The normalized spacial score (nSPS) is 15.7. The van der Waals surface area contributed by atoms with Crippen molar-refractivity contribution in [3.63, 3.8) is 0 Å². The Kier molecular flexibility index (Phi) is 7.80. The summed E-state index contributed by atoms with van der Waals surface area (Å²) in [6, 6.07) is 2.76. The average Bonchev–Trinajstić information content (AvgIpc) is 2.67. The van der Waals surface area contributed by atoms with E-state index in [0.29, 0.717) is 5.56 Å². The first-order valence-electron chi connectivity index (χ1n) is 9.14. The zero-order chi connectivity index (χ0) is 24.3. The van der Waals surface area contributed by atoms with E-state index in [4.69, 9.17) is 9.84 Å². The van der Waals surface area contributed by atoms with E-state index in [9.17, 15) is 40.3 Å². The third-order valence-corrected chi connectivity index (χ3v) is 4.65. The van der Waals surface area contributed by atoms with Crippen molar-refractivity contribution in [3.8, 4) is 5.75 Å². The number of aliphatic carboxylic acids is 1. The topological polar surface area (TPSA) is 79.3 Å². The highest BCUT2D eigenvalue weighted by Gasteiger charge is 2.60. The maximum absolute atomic E-state index is 14.4. The second-order valence-corrected chi connectivity index (χ2v) is 6.95. The van der Waals surface area contributed by atoms with Crippen molar-refractivity contribution in [3.05, 3.63) is 29.1 Å². The molecule has 0 atom stereocenters. The zero-order valence-electron chi connectivity index (χ0n) is 16.6. The summed E-state index contributed by atoms with van der Waals surface area (Å²) in [5.74, 6) is -2.28. The molecule has 2 rings (SSSR count). The molecule has 0 saturated carbocycles. The van der Waals surface area contributed by atoms with Crippen molar-refractivity contribution in [2.24, 2.45) is 0 Å². The van der Waals surface area contributed by atoms with Gasteiger partial charge in [0.1, 0.15) is 0 Å². The summed E-state index contributed by atoms with van der Waals surface area (Å²) in [5, 5.41) is 8.59. The van der Waals surface area contributed by atoms with Gasteiger partial charge in [-0.3, -0.25) is 4.90 Å². The van der Waals surface area contributed by atoms with Gasteiger partial charge in [0.2, 0.25) is 0 Å². The summed E-state index contributed by atoms with van der Waals surface area (Å²) < 4.78 is 98.1. The van der Waals surface area contributed by atoms with Crippen LogP contribution in [0.15, 0.2) is 12.1 Å². The van der Waals surface area contributed by atoms with Crippen molar-refractivity contribution in [1.82, 2.24) is 9.80 Å². The lowest BCUT2D eigenvalue weighted by Crippen LogP contribution is -2.52. The molecule has 0 spiro atoms. The zero-order valence-corrected chi connectivity index (χ0v) is 16.6. The van der Waals surface area contributed by atoms with Gasteiger partial charge in [0, 0.05) is 32.7 Å². The van der Waals surface area contributed by atoms with Crippen molar-refractivity contribution >= 4 is 12.1 Å². The quantitative estimate of drug-likeness (QED) is 0.635. The number of piperazine rings is 1. The van der Waals surface area contributed by atoms with Crippen molar-refractivity contribution in [2.45, 2.75) is 31.9 Å². The second kappa shape index (κ2) is 9.79. The Morgan fingerprint density at radius 2 is 1.62 bits per heavy atom. The van der Waals surface area contributed by atoms with Gasteiger partial charge in [0.25, 0.3) is 6.10 Å². The van der Waals surface area contributed by atoms with E-state index in [1.54, 1.807) is 4.90 Å². The van der Waals surface area contributed by atoms with Gasteiger partial charge in [-0.25, -0.2) is 14.0 Å². The Morgan fingerprint density at radius 1 is 1.06 bits per heavy atom. The fourth-order valence-electron chi connectivity index (χ4n) is 2.95.